The minimum absolute atomic E-state index is 0. The van der Waals surface area contributed by atoms with Gasteiger partial charge in [0.2, 0.25) is 0 Å². The molecule has 0 radical (unpaired) electrons. The third-order valence-electron chi connectivity index (χ3n) is 4.67. The van der Waals surface area contributed by atoms with Crippen molar-refractivity contribution in [1.29, 1.82) is 0 Å². The molecule has 3 rings (SSSR count). The number of halogens is 3. The van der Waals surface area contributed by atoms with Crippen molar-refractivity contribution in [3.05, 3.63) is 59.4 Å². The first-order valence-electron chi connectivity index (χ1n) is 9.11. The van der Waals surface area contributed by atoms with Crippen molar-refractivity contribution >= 4 is 30.5 Å². The van der Waals surface area contributed by atoms with Gasteiger partial charge in [-0.25, -0.2) is 4.39 Å². The van der Waals surface area contributed by atoms with Crippen LogP contribution in [0.2, 0.25) is 0 Å². The largest absolute Gasteiger partial charge is 0.491 e. The summed E-state index contributed by atoms with van der Waals surface area (Å²) in [5.41, 5.74) is 3.36. The zero-order valence-corrected chi connectivity index (χ0v) is 17.9. The van der Waals surface area contributed by atoms with Gasteiger partial charge in [-0.3, -0.25) is 4.90 Å². The molecule has 1 N–H and O–H groups in total. The molecule has 1 aliphatic heterocycles. The number of β-amino-alcohol motifs (C(OH)–C–C–N with tert-alkyl or cyclic N) is 1. The second-order valence-electron chi connectivity index (χ2n) is 7.05. The summed E-state index contributed by atoms with van der Waals surface area (Å²) >= 11 is 0. The number of rotatable bonds is 6. The van der Waals surface area contributed by atoms with Crippen molar-refractivity contribution in [1.82, 2.24) is 4.90 Å². The predicted molar refractivity (Wildman–Crippen MR) is 117 cm³/mol. The number of aryl methyl sites for hydroxylation is 2. The van der Waals surface area contributed by atoms with Crippen LogP contribution in [-0.4, -0.2) is 55.4 Å². The van der Waals surface area contributed by atoms with E-state index in [2.05, 4.69) is 15.9 Å². The summed E-state index contributed by atoms with van der Waals surface area (Å²) in [4.78, 5) is 4.49. The molecule has 7 heteroatoms. The van der Waals surface area contributed by atoms with Crippen LogP contribution in [0.4, 0.5) is 10.1 Å². The molecule has 0 bridgehead atoms. The molecule has 2 aromatic carbocycles. The number of ether oxygens (including phenoxy) is 1. The van der Waals surface area contributed by atoms with Crippen LogP contribution in [0.5, 0.6) is 5.75 Å². The number of hydrogen-bond donors (Lipinski definition) is 1. The summed E-state index contributed by atoms with van der Waals surface area (Å²) in [5.74, 6) is 0.599. The molecular formula is C21H29Cl2FN2O2. The number of nitrogens with zero attached hydrogens (tertiary/aromatic N) is 2. The Morgan fingerprint density at radius 2 is 1.54 bits per heavy atom. The molecule has 1 atom stereocenters. The molecule has 0 amide bonds. The minimum atomic E-state index is -0.520. The van der Waals surface area contributed by atoms with Crippen molar-refractivity contribution in [3.8, 4) is 5.75 Å². The standard InChI is InChI=1S/C21H27FN2O2.2ClH/c1-16-11-17(2)13-21(12-16)26-15-20(25)14-23-7-9-24(10-8-23)19-5-3-18(22)4-6-19;;/h3-6,11-13,20,25H,7-10,14-15H2,1-2H3;2*1H. The fraction of sp³-hybridized carbons (Fsp3) is 0.429. The van der Waals surface area contributed by atoms with E-state index >= 15 is 0 Å². The van der Waals surface area contributed by atoms with Crippen LogP contribution >= 0.6 is 24.8 Å². The number of hydrogen-bond acceptors (Lipinski definition) is 4. The van der Waals surface area contributed by atoms with Gasteiger partial charge in [-0.05, 0) is 61.4 Å². The maximum atomic E-state index is 13.0. The molecule has 0 aromatic heterocycles. The van der Waals surface area contributed by atoms with E-state index in [1.54, 1.807) is 0 Å². The lowest BCUT2D eigenvalue weighted by Crippen LogP contribution is -2.49. The van der Waals surface area contributed by atoms with Crippen LogP contribution < -0.4 is 9.64 Å². The second-order valence-corrected chi connectivity index (χ2v) is 7.05. The zero-order chi connectivity index (χ0) is 18.5. The first-order valence-corrected chi connectivity index (χ1v) is 9.11. The van der Waals surface area contributed by atoms with Crippen LogP contribution in [0.15, 0.2) is 42.5 Å². The number of benzene rings is 2. The Hall–Kier alpha value is -1.53. The number of piperazine rings is 1. The smallest absolute Gasteiger partial charge is 0.123 e. The molecule has 1 heterocycles. The van der Waals surface area contributed by atoms with Gasteiger partial charge in [0.15, 0.2) is 0 Å². The highest BCUT2D eigenvalue weighted by atomic mass is 35.5. The third-order valence-corrected chi connectivity index (χ3v) is 4.67. The van der Waals surface area contributed by atoms with Gasteiger partial charge in [-0.15, -0.1) is 24.8 Å². The Bertz CT molecular complexity index is 703. The van der Waals surface area contributed by atoms with Crippen molar-refractivity contribution in [2.45, 2.75) is 20.0 Å². The summed E-state index contributed by atoms with van der Waals surface area (Å²) in [6.07, 6.45) is -0.520. The average Bonchev–Trinajstić information content (AvgIpc) is 2.61. The van der Waals surface area contributed by atoms with Gasteiger partial charge in [-0.1, -0.05) is 6.07 Å². The molecule has 0 spiro atoms. The van der Waals surface area contributed by atoms with E-state index in [9.17, 15) is 9.50 Å². The van der Waals surface area contributed by atoms with Gasteiger partial charge >= 0.3 is 0 Å². The van der Waals surface area contributed by atoms with Crippen LogP contribution in [0.1, 0.15) is 11.1 Å². The van der Waals surface area contributed by atoms with Crippen molar-refractivity contribution in [3.63, 3.8) is 0 Å². The normalized spacial score (nSPS) is 15.4. The second kappa shape index (κ2) is 11.5. The van der Waals surface area contributed by atoms with E-state index in [4.69, 9.17) is 4.74 Å². The Morgan fingerprint density at radius 1 is 0.964 bits per heavy atom. The van der Waals surface area contributed by atoms with Gasteiger partial charge in [0.05, 0.1) is 0 Å². The molecule has 1 fully saturated rings. The Balaban J connectivity index is 0.00000196. The molecule has 4 nitrogen and oxygen atoms in total. The molecule has 28 heavy (non-hydrogen) atoms. The highest BCUT2D eigenvalue weighted by molar-refractivity contribution is 5.85. The number of aliphatic hydroxyl groups excluding tert-OH is 1. The molecule has 0 saturated carbocycles. The van der Waals surface area contributed by atoms with Crippen molar-refractivity contribution < 1.29 is 14.2 Å². The highest BCUT2D eigenvalue weighted by Crippen LogP contribution is 2.18. The molecular weight excluding hydrogens is 402 g/mol. The Labute approximate surface area is 179 Å². The molecule has 1 unspecified atom stereocenters. The maximum absolute atomic E-state index is 13.0. The van der Waals surface area contributed by atoms with E-state index in [0.717, 1.165) is 48.7 Å². The van der Waals surface area contributed by atoms with Crippen molar-refractivity contribution in [2.24, 2.45) is 0 Å². The van der Waals surface area contributed by atoms with E-state index in [-0.39, 0.29) is 30.6 Å². The average molecular weight is 431 g/mol. The Morgan fingerprint density at radius 3 is 2.11 bits per heavy atom. The van der Waals surface area contributed by atoms with Crippen molar-refractivity contribution in [2.75, 3.05) is 44.2 Å². The summed E-state index contributed by atoms with van der Waals surface area (Å²) in [6.45, 7) is 8.46. The van der Waals surface area contributed by atoms with E-state index < -0.39 is 6.10 Å². The summed E-state index contributed by atoms with van der Waals surface area (Å²) < 4.78 is 18.8. The van der Waals surface area contributed by atoms with E-state index in [1.165, 1.54) is 12.1 Å². The van der Waals surface area contributed by atoms with E-state index in [0.29, 0.717) is 13.2 Å². The Kier molecular flexibility index (Phi) is 10.0. The summed E-state index contributed by atoms with van der Waals surface area (Å²) in [5, 5.41) is 10.3. The molecule has 0 aliphatic carbocycles. The van der Waals surface area contributed by atoms with Crippen LogP contribution in [0.25, 0.3) is 0 Å². The first-order chi connectivity index (χ1) is 12.5. The molecule has 156 valence electrons. The lowest BCUT2D eigenvalue weighted by Gasteiger charge is -2.36. The number of anilines is 1. The monoisotopic (exact) mass is 430 g/mol. The lowest BCUT2D eigenvalue weighted by molar-refractivity contribution is 0.0662. The highest BCUT2D eigenvalue weighted by Gasteiger charge is 2.19. The van der Waals surface area contributed by atoms with Crippen LogP contribution in [0, 0.1) is 19.7 Å². The lowest BCUT2D eigenvalue weighted by atomic mass is 10.1. The van der Waals surface area contributed by atoms with Gasteiger partial charge < -0.3 is 14.7 Å². The minimum Gasteiger partial charge on any atom is -0.491 e. The van der Waals surface area contributed by atoms with Gasteiger partial charge in [0.1, 0.15) is 24.3 Å². The molecule has 1 saturated heterocycles. The zero-order valence-electron chi connectivity index (χ0n) is 16.3. The maximum Gasteiger partial charge on any atom is 0.123 e. The topological polar surface area (TPSA) is 35.9 Å². The van der Waals surface area contributed by atoms with Gasteiger partial charge in [-0.2, -0.15) is 0 Å². The summed E-state index contributed by atoms with van der Waals surface area (Å²) in [7, 11) is 0. The molecule has 2 aromatic rings. The SMILES string of the molecule is Cc1cc(C)cc(OCC(O)CN2CCN(c3ccc(F)cc3)CC2)c1.Cl.Cl. The predicted octanol–water partition coefficient (Wildman–Crippen LogP) is 3.85. The van der Waals surface area contributed by atoms with Crippen LogP contribution in [0.3, 0.4) is 0 Å². The first kappa shape index (κ1) is 24.5. The number of aliphatic hydroxyl groups is 1. The van der Waals surface area contributed by atoms with Gasteiger partial charge in [0, 0.05) is 38.4 Å². The summed E-state index contributed by atoms with van der Waals surface area (Å²) in [6, 6.07) is 12.7. The van der Waals surface area contributed by atoms with Gasteiger partial charge in [0.25, 0.3) is 0 Å². The van der Waals surface area contributed by atoms with Crippen LogP contribution in [-0.2, 0) is 0 Å². The fourth-order valence-electron chi connectivity index (χ4n) is 3.40. The molecule has 1 aliphatic rings. The fourth-order valence-corrected chi connectivity index (χ4v) is 3.40. The quantitative estimate of drug-likeness (QED) is 0.754. The third kappa shape index (κ3) is 7.13. The van der Waals surface area contributed by atoms with E-state index in [1.807, 2.05) is 38.1 Å².